The molecule has 0 radical (unpaired) electrons. The molecule has 2 aromatic heterocycles. The van der Waals surface area contributed by atoms with Crippen LogP contribution in [0.2, 0.25) is 0 Å². The Labute approximate surface area is 270 Å². The van der Waals surface area contributed by atoms with E-state index in [0.717, 1.165) is 71.3 Å². The van der Waals surface area contributed by atoms with E-state index in [9.17, 15) is 9.90 Å². The lowest BCUT2D eigenvalue weighted by atomic mass is 9.82. The van der Waals surface area contributed by atoms with Gasteiger partial charge in [-0.1, -0.05) is 27.7 Å². The quantitative estimate of drug-likeness (QED) is 0.246. The number of benzene rings is 1. The third-order valence-corrected chi connectivity index (χ3v) is 7.35. The summed E-state index contributed by atoms with van der Waals surface area (Å²) < 4.78 is 11.1. The monoisotopic (exact) mass is 622 g/mol. The molecule has 0 unspecified atom stereocenters. The Kier molecular flexibility index (Phi) is 14.1. The molecule has 1 fully saturated rings. The maximum absolute atomic E-state index is 11.7. The molecule has 3 aromatic rings. The number of carboxylic acid groups (broad SMARTS) is 1. The van der Waals surface area contributed by atoms with Crippen molar-refractivity contribution in [1.29, 1.82) is 0 Å². The van der Waals surface area contributed by atoms with Crippen molar-refractivity contribution < 1.29 is 24.5 Å². The van der Waals surface area contributed by atoms with Gasteiger partial charge >= 0.3 is 5.97 Å². The van der Waals surface area contributed by atoms with E-state index in [0.29, 0.717) is 13.2 Å². The number of hydrogen-bond acceptors (Lipinski definition) is 8. The highest BCUT2D eigenvalue weighted by molar-refractivity contribution is 5.83. The number of aliphatic hydroxyl groups is 1. The molecule has 0 aliphatic carbocycles. The first-order chi connectivity index (χ1) is 21.2. The number of nitrogens with zero attached hydrogens (tertiary/aromatic N) is 4. The number of carboxylic acids is 1. The minimum Gasteiger partial charge on any atom is -0.497 e. The maximum atomic E-state index is 11.7. The highest BCUT2D eigenvalue weighted by Crippen LogP contribution is 2.39. The van der Waals surface area contributed by atoms with E-state index in [-0.39, 0.29) is 11.8 Å². The molecule has 1 aromatic carbocycles. The highest BCUT2D eigenvalue weighted by atomic mass is 16.5. The fourth-order valence-electron chi connectivity index (χ4n) is 4.75. The van der Waals surface area contributed by atoms with Gasteiger partial charge in [0.25, 0.3) is 0 Å². The Balaban J connectivity index is 0.000000917. The third kappa shape index (κ3) is 12.2. The molecule has 248 valence electrons. The number of aliphatic carboxylic acids is 1. The van der Waals surface area contributed by atoms with Crippen molar-refractivity contribution in [3.05, 3.63) is 60.0 Å². The Morgan fingerprint density at radius 1 is 1.00 bits per heavy atom. The van der Waals surface area contributed by atoms with Gasteiger partial charge in [0.2, 0.25) is 0 Å². The molecule has 0 saturated carbocycles. The van der Waals surface area contributed by atoms with E-state index < -0.39 is 11.6 Å². The van der Waals surface area contributed by atoms with Gasteiger partial charge in [-0.25, -0.2) is 0 Å². The largest absolute Gasteiger partial charge is 0.497 e. The fraction of sp³-hybridized carbons (Fsp3) is 0.528. The second kappa shape index (κ2) is 17.0. The summed E-state index contributed by atoms with van der Waals surface area (Å²) in [6.07, 6.45) is 5.73. The highest BCUT2D eigenvalue weighted by Gasteiger charge is 2.29. The number of methoxy groups -OCH3 is 1. The summed E-state index contributed by atoms with van der Waals surface area (Å²) in [6, 6.07) is 11.6. The lowest BCUT2D eigenvalue weighted by molar-refractivity contribution is -0.136. The average Bonchev–Trinajstić information content (AvgIpc) is 2.99. The van der Waals surface area contributed by atoms with Gasteiger partial charge in [0.05, 0.1) is 48.9 Å². The van der Waals surface area contributed by atoms with Crippen LogP contribution in [-0.2, 0) is 11.2 Å². The third-order valence-electron chi connectivity index (χ3n) is 7.35. The van der Waals surface area contributed by atoms with Crippen molar-refractivity contribution in [3.63, 3.8) is 0 Å². The number of aromatic nitrogens is 2. The zero-order valence-corrected chi connectivity index (χ0v) is 29.0. The second-order valence-corrected chi connectivity index (χ2v) is 12.8. The van der Waals surface area contributed by atoms with Crippen LogP contribution in [0, 0.1) is 12.3 Å². The van der Waals surface area contributed by atoms with E-state index in [1.165, 1.54) is 0 Å². The van der Waals surface area contributed by atoms with Crippen LogP contribution < -0.4 is 19.3 Å². The molecule has 1 saturated heterocycles. The van der Waals surface area contributed by atoms with Gasteiger partial charge in [0, 0.05) is 43.2 Å². The van der Waals surface area contributed by atoms with Gasteiger partial charge in [-0.2, -0.15) is 0 Å². The van der Waals surface area contributed by atoms with Gasteiger partial charge in [0.1, 0.15) is 18.1 Å². The number of likely N-dealkylation sites (N-methyl/N-ethyl adjacent to an activating group) is 1. The summed E-state index contributed by atoms with van der Waals surface area (Å²) in [5.74, 6) is 0.740. The van der Waals surface area contributed by atoms with Crippen LogP contribution in [0.4, 0.5) is 11.4 Å². The number of aryl methyl sites for hydroxylation is 1. The number of anilines is 2. The summed E-state index contributed by atoms with van der Waals surface area (Å²) in [5.41, 5.74) is 4.90. The van der Waals surface area contributed by atoms with Crippen LogP contribution in [0.15, 0.2) is 48.8 Å². The summed E-state index contributed by atoms with van der Waals surface area (Å²) in [7, 11) is 3.65. The van der Waals surface area contributed by atoms with E-state index >= 15 is 0 Å². The molecule has 0 spiro atoms. The summed E-state index contributed by atoms with van der Waals surface area (Å²) in [5, 5.41) is 18.2. The van der Waals surface area contributed by atoms with E-state index in [1.807, 2.05) is 76.6 Å². The standard InChI is InChI=1S/C30H38N4O4.C4H10O.C2H6/c1-21-25(18-28(35)36)29(34-14-12-30(2,3)13-15-34)26(20-31-21)27-11-6-22(19-32-27)33(4)16-17-38-24-9-7-23(37-5)8-10-24;1-4(2,3)5;1-2/h6-11,19-20H,12-18H2,1-5H3,(H,35,36);5H,1-3H3;1-2H3. The number of piperidine rings is 1. The average molecular weight is 623 g/mol. The van der Waals surface area contributed by atoms with Crippen LogP contribution in [0.3, 0.4) is 0 Å². The lowest BCUT2D eigenvalue weighted by Gasteiger charge is -2.40. The summed E-state index contributed by atoms with van der Waals surface area (Å²) >= 11 is 0. The minimum absolute atomic E-state index is 0.0586. The van der Waals surface area contributed by atoms with E-state index in [4.69, 9.17) is 19.6 Å². The SMILES string of the molecule is CC.CC(C)(C)O.COc1ccc(OCCN(C)c2ccc(-c3cnc(C)c(CC(=O)O)c3N3CCC(C)(C)CC3)nc2)cc1. The van der Waals surface area contributed by atoms with Crippen LogP contribution in [-0.4, -0.2) is 72.1 Å². The smallest absolute Gasteiger partial charge is 0.307 e. The predicted octanol–water partition coefficient (Wildman–Crippen LogP) is 7.03. The Bertz CT molecular complexity index is 1320. The number of ether oxygens (including phenoxy) is 2. The zero-order valence-electron chi connectivity index (χ0n) is 29.0. The van der Waals surface area contributed by atoms with Crippen molar-refractivity contribution in [2.24, 2.45) is 5.41 Å². The molecule has 4 rings (SSSR count). The molecule has 1 aliphatic heterocycles. The number of hydrogen-bond donors (Lipinski definition) is 2. The number of carbonyl (C=O) groups is 1. The topological polar surface area (TPSA) is 108 Å². The van der Waals surface area contributed by atoms with Gasteiger partial charge in [-0.3, -0.25) is 14.8 Å². The predicted molar refractivity (Wildman–Crippen MR) is 184 cm³/mol. The van der Waals surface area contributed by atoms with Crippen LogP contribution in [0.1, 0.15) is 72.6 Å². The number of rotatable bonds is 10. The first-order valence-electron chi connectivity index (χ1n) is 15.8. The molecule has 0 amide bonds. The first-order valence-corrected chi connectivity index (χ1v) is 15.8. The molecule has 9 nitrogen and oxygen atoms in total. The van der Waals surface area contributed by atoms with Gasteiger partial charge in [-0.05, 0) is 82.3 Å². The summed E-state index contributed by atoms with van der Waals surface area (Å²) in [6.45, 7) is 18.7. The molecule has 45 heavy (non-hydrogen) atoms. The van der Waals surface area contributed by atoms with Crippen LogP contribution >= 0.6 is 0 Å². The minimum atomic E-state index is -0.854. The van der Waals surface area contributed by atoms with E-state index in [2.05, 4.69) is 28.6 Å². The lowest BCUT2D eigenvalue weighted by Crippen LogP contribution is -2.38. The van der Waals surface area contributed by atoms with E-state index in [1.54, 1.807) is 27.9 Å². The van der Waals surface area contributed by atoms with Crippen molar-refractivity contribution in [2.75, 3.05) is 50.2 Å². The molecular formula is C36H54N4O5. The van der Waals surface area contributed by atoms with Crippen molar-refractivity contribution in [2.45, 2.75) is 80.3 Å². The van der Waals surface area contributed by atoms with Gasteiger partial charge in [-0.15, -0.1) is 0 Å². The fourth-order valence-corrected chi connectivity index (χ4v) is 4.75. The molecule has 3 heterocycles. The second-order valence-electron chi connectivity index (χ2n) is 12.8. The Hall–Kier alpha value is -3.85. The van der Waals surface area contributed by atoms with Crippen molar-refractivity contribution in [3.8, 4) is 22.8 Å². The molecule has 9 heteroatoms. The summed E-state index contributed by atoms with van der Waals surface area (Å²) in [4.78, 5) is 25.5. The molecular weight excluding hydrogens is 568 g/mol. The first kappa shape index (κ1) is 37.3. The van der Waals surface area contributed by atoms with Crippen LogP contribution in [0.5, 0.6) is 11.5 Å². The van der Waals surface area contributed by atoms with Crippen molar-refractivity contribution in [1.82, 2.24) is 9.97 Å². The molecule has 1 aliphatic rings. The Morgan fingerprint density at radius 3 is 2.09 bits per heavy atom. The normalized spacial score (nSPS) is 13.9. The molecule has 0 atom stereocenters. The van der Waals surface area contributed by atoms with Gasteiger partial charge in [0.15, 0.2) is 0 Å². The van der Waals surface area contributed by atoms with Crippen LogP contribution in [0.25, 0.3) is 11.3 Å². The molecule has 0 bridgehead atoms. The van der Waals surface area contributed by atoms with Gasteiger partial charge < -0.3 is 29.5 Å². The molecule has 2 N–H and O–H groups in total. The Morgan fingerprint density at radius 2 is 1.58 bits per heavy atom. The number of pyridine rings is 2. The zero-order chi connectivity index (χ0) is 33.8. The van der Waals surface area contributed by atoms with Crippen molar-refractivity contribution >= 4 is 17.3 Å². The maximum Gasteiger partial charge on any atom is 0.307 e.